The molecule has 0 aliphatic carbocycles. The Morgan fingerprint density at radius 3 is 2.88 bits per heavy atom. The van der Waals surface area contributed by atoms with Gasteiger partial charge >= 0.3 is 0 Å². The molecule has 0 fully saturated rings. The zero-order chi connectivity index (χ0) is 12.3. The molecule has 0 bridgehead atoms. The van der Waals surface area contributed by atoms with Crippen molar-refractivity contribution in [2.75, 3.05) is 0 Å². The Bertz CT molecular complexity index is 533. The van der Waals surface area contributed by atoms with E-state index in [1.54, 1.807) is 0 Å². The second-order valence-corrected chi connectivity index (χ2v) is 4.16. The summed E-state index contributed by atoms with van der Waals surface area (Å²) >= 11 is 0. The van der Waals surface area contributed by atoms with Gasteiger partial charge < -0.3 is 9.27 Å². The van der Waals surface area contributed by atoms with Crippen molar-refractivity contribution in [3.63, 3.8) is 0 Å². The van der Waals surface area contributed by atoms with E-state index in [1.807, 2.05) is 34.9 Å². The number of carbonyl (C=O) groups is 1. The molecule has 0 atom stereocenters. The summed E-state index contributed by atoms with van der Waals surface area (Å²) in [4.78, 5) is 11.4. The molecule has 83 valence electrons. The molecule has 1 aromatic heterocycles. The number of carbonyl (C=O) groups excluding carboxylic acids is 1. The molecule has 0 saturated carbocycles. The van der Waals surface area contributed by atoms with Gasteiger partial charge in [-0.15, -0.1) is 0 Å². The van der Waals surface area contributed by atoms with Gasteiger partial charge in [0.15, 0.2) is 7.85 Å². The molecule has 0 amide bonds. The molecule has 0 aliphatic heterocycles. The normalized spacial score (nSPS) is 10.6. The first kappa shape index (κ1) is 12.0. The van der Waals surface area contributed by atoms with E-state index in [0.717, 1.165) is 23.6 Å². The fourth-order valence-electron chi connectivity index (χ4n) is 1.99. The van der Waals surface area contributed by atoms with Crippen LogP contribution < -0.4 is 0 Å². The summed E-state index contributed by atoms with van der Waals surface area (Å²) in [7, 11) is 7.49. The van der Waals surface area contributed by atoms with Gasteiger partial charge in [-0.3, -0.25) is 0 Å². The van der Waals surface area contributed by atoms with Crippen molar-refractivity contribution in [3.05, 3.63) is 36.0 Å². The predicted octanol–water partition coefficient (Wildman–Crippen LogP) is 2.64. The Morgan fingerprint density at radius 1 is 1.41 bits per heavy atom. The first-order valence-corrected chi connectivity index (χ1v) is 5.96. The molecule has 0 N–H and O–H groups in total. The number of para-hydroxylation sites is 1. The molecule has 0 saturated heterocycles. The van der Waals surface area contributed by atoms with Crippen LogP contribution in [0.2, 0.25) is 6.32 Å². The third kappa shape index (κ3) is 2.46. The van der Waals surface area contributed by atoms with Gasteiger partial charge in [0.1, 0.15) is 5.68 Å². The lowest BCUT2D eigenvalue weighted by Gasteiger charge is -2.01. The van der Waals surface area contributed by atoms with E-state index < -0.39 is 0 Å². The smallest absolute Gasteiger partial charge is 0.252 e. The quantitative estimate of drug-likeness (QED) is 0.562. The summed E-state index contributed by atoms with van der Waals surface area (Å²) in [6.45, 7) is 2.16. The Labute approximate surface area is 104 Å². The van der Waals surface area contributed by atoms with Crippen molar-refractivity contribution in [3.8, 4) is 0 Å². The van der Waals surface area contributed by atoms with Gasteiger partial charge in [0.2, 0.25) is 0 Å². The molecule has 2 rings (SSSR count). The van der Waals surface area contributed by atoms with Crippen molar-refractivity contribution in [2.24, 2.45) is 0 Å². The summed E-state index contributed by atoms with van der Waals surface area (Å²) in [6.07, 6.45) is 5.15. The van der Waals surface area contributed by atoms with Gasteiger partial charge in [-0.2, -0.15) is 0 Å². The van der Waals surface area contributed by atoms with Gasteiger partial charge in [-0.1, -0.05) is 44.3 Å². The lowest BCUT2D eigenvalue weighted by Crippen LogP contribution is -2.04. The number of benzene rings is 1. The van der Waals surface area contributed by atoms with Crippen LogP contribution in [0.3, 0.4) is 0 Å². The van der Waals surface area contributed by atoms with E-state index in [-0.39, 0.29) is 5.68 Å². The van der Waals surface area contributed by atoms with E-state index in [0.29, 0.717) is 5.56 Å². The topological polar surface area (TPSA) is 22.0 Å². The van der Waals surface area contributed by atoms with Crippen LogP contribution in [0.25, 0.3) is 10.9 Å². The highest BCUT2D eigenvalue weighted by Crippen LogP contribution is 2.20. The van der Waals surface area contributed by atoms with Crippen molar-refractivity contribution < 1.29 is 4.79 Å². The molecular weight excluding hydrogens is 208 g/mol. The fourth-order valence-corrected chi connectivity index (χ4v) is 1.99. The Kier molecular flexibility index (Phi) is 3.72. The molecule has 3 radical (unpaired) electrons. The summed E-state index contributed by atoms with van der Waals surface area (Å²) < 4.78 is 2.01. The molecule has 4 heteroatoms. The van der Waals surface area contributed by atoms with Crippen molar-refractivity contribution in [1.82, 2.24) is 4.48 Å². The number of nitrogens with zero attached hydrogens (tertiary/aromatic N) is 1. The molecular formula is C13H14B2NO. The zero-order valence-corrected chi connectivity index (χ0v) is 10.0. The van der Waals surface area contributed by atoms with E-state index in [2.05, 4.69) is 14.3 Å². The number of rotatable bonds is 5. The minimum Gasteiger partial charge on any atom is -0.396 e. The van der Waals surface area contributed by atoms with Crippen molar-refractivity contribution in [1.29, 1.82) is 0 Å². The van der Waals surface area contributed by atoms with E-state index in [9.17, 15) is 4.79 Å². The first-order valence-electron chi connectivity index (χ1n) is 5.96. The maximum absolute atomic E-state index is 11.4. The van der Waals surface area contributed by atoms with Crippen LogP contribution in [0.4, 0.5) is 0 Å². The highest BCUT2D eigenvalue weighted by Gasteiger charge is 2.10. The molecule has 2 aromatic rings. The van der Waals surface area contributed by atoms with Crippen LogP contribution in [0.5, 0.6) is 0 Å². The number of hydrogen-bond acceptors (Lipinski definition) is 1. The third-order valence-corrected chi connectivity index (χ3v) is 2.89. The standard InChI is InChI=1S/C13H14B2NO/c1-2-3-8-15-16-9-11(13(14)17)10-6-4-5-7-12(10)16/h4-7,9H,2-3,8H2,1H3. The van der Waals surface area contributed by atoms with Gasteiger partial charge in [-0.05, 0) is 6.07 Å². The average molecular weight is 222 g/mol. The summed E-state index contributed by atoms with van der Waals surface area (Å²) in [6, 6.07) is 7.83. The number of hydrogen-bond donors (Lipinski definition) is 0. The van der Waals surface area contributed by atoms with Gasteiger partial charge in [0.05, 0.1) is 0 Å². The second kappa shape index (κ2) is 5.26. The molecule has 1 aromatic carbocycles. The number of unbranched alkanes of at least 4 members (excludes halogenated alkanes) is 1. The van der Waals surface area contributed by atoms with Crippen LogP contribution >= 0.6 is 0 Å². The van der Waals surface area contributed by atoms with E-state index >= 15 is 0 Å². The maximum Gasteiger partial charge on any atom is 0.252 e. The van der Waals surface area contributed by atoms with Crippen molar-refractivity contribution in [2.45, 2.75) is 26.1 Å². The highest BCUT2D eigenvalue weighted by molar-refractivity contribution is 6.63. The molecule has 1 heterocycles. The second-order valence-electron chi connectivity index (χ2n) is 4.16. The molecule has 0 spiro atoms. The Morgan fingerprint density at radius 2 is 2.18 bits per heavy atom. The lowest BCUT2D eigenvalue weighted by molar-refractivity contribution is 0.108. The predicted molar refractivity (Wildman–Crippen MR) is 72.9 cm³/mol. The third-order valence-electron chi connectivity index (χ3n) is 2.89. The van der Waals surface area contributed by atoms with Crippen LogP contribution in [0, 0.1) is 0 Å². The minimum atomic E-state index is -0.371. The van der Waals surface area contributed by atoms with Crippen LogP contribution in [0.1, 0.15) is 30.1 Å². The fraction of sp³-hybridized carbons (Fsp3) is 0.308. The Hall–Kier alpha value is -1.44. The largest absolute Gasteiger partial charge is 0.396 e. The summed E-state index contributed by atoms with van der Waals surface area (Å²) in [5, 5.41) is 0.924. The van der Waals surface area contributed by atoms with Crippen LogP contribution in [-0.4, -0.2) is 25.4 Å². The van der Waals surface area contributed by atoms with E-state index in [4.69, 9.17) is 7.85 Å². The molecule has 17 heavy (non-hydrogen) atoms. The van der Waals surface area contributed by atoms with Gasteiger partial charge in [-0.25, -0.2) is 0 Å². The van der Waals surface area contributed by atoms with Gasteiger partial charge in [0, 0.05) is 22.7 Å². The summed E-state index contributed by atoms with van der Waals surface area (Å²) in [5.41, 5.74) is 1.26. The number of fused-ring (bicyclic) bond motifs is 1. The zero-order valence-electron chi connectivity index (χ0n) is 10.0. The monoisotopic (exact) mass is 222 g/mol. The maximum atomic E-state index is 11.4. The molecule has 0 aliphatic rings. The SMILES string of the molecule is [B]C(=O)c1cn([B]CCCC)c2ccccc12. The van der Waals surface area contributed by atoms with E-state index in [1.165, 1.54) is 6.42 Å². The molecule has 0 unspecified atom stereocenters. The highest BCUT2D eigenvalue weighted by atomic mass is 16.1. The van der Waals surface area contributed by atoms with Crippen LogP contribution in [-0.2, 0) is 0 Å². The Balaban J connectivity index is 2.38. The lowest BCUT2D eigenvalue weighted by atomic mass is 9.86. The van der Waals surface area contributed by atoms with Crippen molar-refractivity contribution >= 4 is 31.8 Å². The van der Waals surface area contributed by atoms with Gasteiger partial charge in [0.25, 0.3) is 7.41 Å². The average Bonchev–Trinajstić information content (AvgIpc) is 2.69. The minimum absolute atomic E-state index is 0.371. The molecule has 2 nitrogen and oxygen atoms in total. The summed E-state index contributed by atoms with van der Waals surface area (Å²) in [5.74, 6) is 0. The first-order chi connectivity index (χ1) is 8.24. The number of aromatic nitrogens is 1. The van der Waals surface area contributed by atoms with Crippen LogP contribution in [0.15, 0.2) is 30.5 Å².